The molecular weight excluding hydrogens is 318 g/mol. The number of halogens is 2. The number of carbonyl (C=O) groups excluding carboxylic acids is 1. The molecule has 6 heteroatoms. The van der Waals surface area contributed by atoms with E-state index in [-0.39, 0.29) is 11.7 Å². The van der Waals surface area contributed by atoms with E-state index >= 15 is 0 Å². The number of amides is 1. The summed E-state index contributed by atoms with van der Waals surface area (Å²) in [4.78, 5) is 17.1. The number of thiazole rings is 1. The summed E-state index contributed by atoms with van der Waals surface area (Å²) in [5, 5.41) is 3.12. The van der Waals surface area contributed by atoms with Crippen molar-refractivity contribution in [1.82, 2.24) is 4.98 Å². The third-order valence-corrected chi connectivity index (χ3v) is 4.06. The highest BCUT2D eigenvalue weighted by Gasteiger charge is 2.09. The Kier molecular flexibility index (Phi) is 4.43. The number of aromatic nitrogens is 1. The van der Waals surface area contributed by atoms with E-state index in [4.69, 9.17) is 0 Å². The van der Waals surface area contributed by atoms with Crippen LogP contribution in [-0.2, 0) is 6.42 Å². The van der Waals surface area contributed by atoms with Gasteiger partial charge in [-0.15, -0.1) is 11.3 Å². The van der Waals surface area contributed by atoms with Crippen molar-refractivity contribution in [2.45, 2.75) is 6.42 Å². The fourth-order valence-electron chi connectivity index (χ4n) is 2.07. The van der Waals surface area contributed by atoms with Gasteiger partial charge in [-0.1, -0.05) is 12.1 Å². The van der Waals surface area contributed by atoms with Crippen LogP contribution < -0.4 is 5.32 Å². The molecule has 2 aromatic carbocycles. The van der Waals surface area contributed by atoms with Gasteiger partial charge in [0.15, 0.2) is 5.13 Å². The molecule has 3 aromatic rings. The summed E-state index contributed by atoms with van der Waals surface area (Å²) in [5.41, 5.74) is 1.19. The highest BCUT2D eigenvalue weighted by atomic mass is 32.1. The Morgan fingerprint density at radius 3 is 2.61 bits per heavy atom. The van der Waals surface area contributed by atoms with Crippen LogP contribution in [0.4, 0.5) is 13.9 Å². The Morgan fingerprint density at radius 1 is 1.09 bits per heavy atom. The summed E-state index contributed by atoms with van der Waals surface area (Å²) in [7, 11) is 0. The van der Waals surface area contributed by atoms with E-state index in [1.165, 1.54) is 47.7 Å². The van der Waals surface area contributed by atoms with E-state index in [1.807, 2.05) is 6.07 Å². The fourth-order valence-corrected chi connectivity index (χ4v) is 2.91. The molecule has 1 heterocycles. The Labute approximate surface area is 135 Å². The van der Waals surface area contributed by atoms with Crippen LogP contribution in [0.1, 0.15) is 20.8 Å². The van der Waals surface area contributed by atoms with E-state index in [0.29, 0.717) is 17.1 Å². The van der Waals surface area contributed by atoms with Gasteiger partial charge in [0.2, 0.25) is 0 Å². The summed E-state index contributed by atoms with van der Waals surface area (Å²) in [6.07, 6.45) is 2.19. The number of benzene rings is 2. The smallest absolute Gasteiger partial charge is 0.257 e. The maximum atomic E-state index is 13.2. The summed E-state index contributed by atoms with van der Waals surface area (Å²) in [6.45, 7) is 0. The molecule has 116 valence electrons. The number of nitrogens with one attached hydrogen (secondary N) is 1. The minimum Gasteiger partial charge on any atom is -0.298 e. The van der Waals surface area contributed by atoms with Gasteiger partial charge in [-0.25, -0.2) is 13.8 Å². The number of hydrogen-bond acceptors (Lipinski definition) is 3. The lowest BCUT2D eigenvalue weighted by Gasteiger charge is -2.01. The first-order valence-corrected chi connectivity index (χ1v) is 7.68. The summed E-state index contributed by atoms with van der Waals surface area (Å²) in [6, 6.07) is 11.6. The van der Waals surface area contributed by atoms with Crippen molar-refractivity contribution >= 4 is 22.4 Å². The number of hydrogen-bond donors (Lipinski definition) is 1. The van der Waals surface area contributed by atoms with E-state index in [1.54, 1.807) is 12.3 Å². The highest BCUT2D eigenvalue weighted by Crippen LogP contribution is 2.22. The molecule has 0 aliphatic heterocycles. The van der Waals surface area contributed by atoms with Crippen molar-refractivity contribution < 1.29 is 13.6 Å². The number of nitrogens with zero attached hydrogens (tertiary/aromatic N) is 1. The van der Waals surface area contributed by atoms with Crippen LogP contribution >= 0.6 is 11.3 Å². The number of anilines is 1. The van der Waals surface area contributed by atoms with Gasteiger partial charge in [-0.3, -0.25) is 10.1 Å². The van der Waals surface area contributed by atoms with Gasteiger partial charge in [-0.05, 0) is 42.0 Å². The minimum atomic E-state index is -0.395. The van der Waals surface area contributed by atoms with Crippen molar-refractivity contribution in [2.75, 3.05) is 5.32 Å². The molecule has 1 amide bonds. The molecule has 1 N–H and O–H groups in total. The second-order valence-electron chi connectivity index (χ2n) is 4.90. The molecule has 23 heavy (non-hydrogen) atoms. The Hall–Kier alpha value is -2.60. The van der Waals surface area contributed by atoms with Gasteiger partial charge in [0.25, 0.3) is 5.91 Å². The van der Waals surface area contributed by atoms with Crippen LogP contribution in [-0.4, -0.2) is 10.9 Å². The predicted octanol–water partition coefficient (Wildman–Crippen LogP) is 4.26. The summed E-state index contributed by atoms with van der Waals surface area (Å²) >= 11 is 1.32. The second-order valence-corrected chi connectivity index (χ2v) is 6.01. The van der Waals surface area contributed by atoms with Crippen molar-refractivity contribution in [2.24, 2.45) is 0 Å². The third-order valence-electron chi connectivity index (χ3n) is 3.15. The van der Waals surface area contributed by atoms with Gasteiger partial charge in [-0.2, -0.15) is 0 Å². The minimum absolute atomic E-state index is 0.281. The fraction of sp³-hybridized carbons (Fsp3) is 0.0588. The van der Waals surface area contributed by atoms with Crippen LogP contribution in [0.3, 0.4) is 0 Å². The molecule has 0 aliphatic carbocycles. The second kappa shape index (κ2) is 6.66. The molecule has 0 spiro atoms. The quantitative estimate of drug-likeness (QED) is 0.776. The zero-order valence-electron chi connectivity index (χ0n) is 11.9. The van der Waals surface area contributed by atoms with Gasteiger partial charge < -0.3 is 0 Å². The predicted molar refractivity (Wildman–Crippen MR) is 85.7 cm³/mol. The van der Waals surface area contributed by atoms with Gasteiger partial charge in [0.1, 0.15) is 11.6 Å². The van der Waals surface area contributed by atoms with Crippen LogP contribution in [0, 0.1) is 11.6 Å². The molecule has 0 fully saturated rings. The Balaban J connectivity index is 1.67. The molecule has 3 nitrogen and oxygen atoms in total. The van der Waals surface area contributed by atoms with E-state index < -0.39 is 5.82 Å². The topological polar surface area (TPSA) is 42.0 Å². The third kappa shape index (κ3) is 3.98. The molecule has 0 bridgehead atoms. The van der Waals surface area contributed by atoms with E-state index in [0.717, 1.165) is 10.4 Å². The molecule has 0 atom stereocenters. The van der Waals surface area contributed by atoms with Gasteiger partial charge in [0, 0.05) is 23.1 Å². The normalized spacial score (nSPS) is 10.5. The van der Waals surface area contributed by atoms with Crippen molar-refractivity contribution in [3.63, 3.8) is 0 Å². The molecule has 0 unspecified atom stereocenters. The lowest BCUT2D eigenvalue weighted by atomic mass is 10.1. The van der Waals surface area contributed by atoms with Crippen molar-refractivity contribution in [1.29, 1.82) is 0 Å². The molecule has 0 radical (unpaired) electrons. The number of carbonyl (C=O) groups is 1. The molecular formula is C17H12F2N2OS. The SMILES string of the molecule is O=C(Nc1ncc(Cc2cccc(F)c2)s1)c1ccc(F)cc1. The zero-order valence-corrected chi connectivity index (χ0v) is 12.7. The summed E-state index contributed by atoms with van der Waals surface area (Å²) < 4.78 is 26.0. The van der Waals surface area contributed by atoms with Crippen LogP contribution in [0.15, 0.2) is 54.7 Å². The largest absolute Gasteiger partial charge is 0.298 e. The first-order chi connectivity index (χ1) is 11.1. The maximum absolute atomic E-state index is 13.2. The first kappa shape index (κ1) is 15.3. The lowest BCUT2D eigenvalue weighted by molar-refractivity contribution is 0.102. The monoisotopic (exact) mass is 330 g/mol. The van der Waals surface area contributed by atoms with Crippen LogP contribution in [0.25, 0.3) is 0 Å². The van der Waals surface area contributed by atoms with E-state index in [2.05, 4.69) is 10.3 Å². The molecule has 0 saturated carbocycles. The standard InChI is InChI=1S/C17H12F2N2OS/c18-13-6-4-12(5-7-13)16(22)21-17-20-10-15(23-17)9-11-2-1-3-14(19)8-11/h1-8,10H,9H2,(H,20,21,22). The average molecular weight is 330 g/mol. The maximum Gasteiger partial charge on any atom is 0.257 e. The number of rotatable bonds is 4. The Bertz CT molecular complexity index is 831. The van der Waals surface area contributed by atoms with E-state index in [9.17, 15) is 13.6 Å². The van der Waals surface area contributed by atoms with Crippen LogP contribution in [0.2, 0.25) is 0 Å². The van der Waals surface area contributed by atoms with Gasteiger partial charge in [0.05, 0.1) is 0 Å². The molecule has 0 saturated heterocycles. The zero-order chi connectivity index (χ0) is 16.2. The molecule has 0 aliphatic rings. The van der Waals surface area contributed by atoms with Gasteiger partial charge >= 0.3 is 0 Å². The average Bonchev–Trinajstić information content (AvgIpc) is 2.95. The summed E-state index contributed by atoms with van der Waals surface area (Å²) in [5.74, 6) is -1.03. The lowest BCUT2D eigenvalue weighted by Crippen LogP contribution is -2.11. The van der Waals surface area contributed by atoms with Crippen molar-refractivity contribution in [3.8, 4) is 0 Å². The van der Waals surface area contributed by atoms with Crippen molar-refractivity contribution in [3.05, 3.63) is 82.4 Å². The van der Waals surface area contributed by atoms with Crippen LogP contribution in [0.5, 0.6) is 0 Å². The highest BCUT2D eigenvalue weighted by molar-refractivity contribution is 7.15. The first-order valence-electron chi connectivity index (χ1n) is 6.86. The molecule has 1 aromatic heterocycles. The Morgan fingerprint density at radius 2 is 1.87 bits per heavy atom. The molecule has 3 rings (SSSR count).